The van der Waals surface area contributed by atoms with E-state index in [1.54, 1.807) is 35.0 Å². The van der Waals surface area contributed by atoms with Crippen molar-refractivity contribution >= 4 is 47.0 Å². The van der Waals surface area contributed by atoms with Gasteiger partial charge in [-0.2, -0.15) is 5.10 Å². The maximum Gasteiger partial charge on any atom is 0.416 e. The largest absolute Gasteiger partial charge is 0.465 e. The summed E-state index contributed by atoms with van der Waals surface area (Å²) in [6.07, 6.45) is 6.83. The standard InChI is InChI=1S/C26H37N5O2S.C8H12N4O2S/c1-26(2,3)29-24(34)28-22-10-11-23(27-18-22)33-25(32)31-16-13-20(14-17-31)12-15-30(4)19-21-8-6-5-7-9-21;13-8(14)12-3-1-6(2-4-12)15-7-9-5-10-11-7/h5-11,18,20H,12-17,19H2,1-4H3,(H2,28,29,34);5-6H,1-4H2,(H,13,14)(H,9,10,11). The number of anilines is 1. The Morgan fingerprint density at radius 3 is 2.33 bits per heavy atom. The predicted molar refractivity (Wildman–Crippen MR) is 196 cm³/mol. The maximum atomic E-state index is 12.6. The number of thioether (sulfide) groups is 1. The van der Waals surface area contributed by atoms with Crippen LogP contribution in [0.25, 0.3) is 0 Å². The second kappa shape index (κ2) is 18.7. The number of ether oxygens (including phenoxy) is 1. The van der Waals surface area contributed by atoms with Crippen LogP contribution in [0.3, 0.4) is 0 Å². The second-order valence-electron chi connectivity index (χ2n) is 13.4. The first kappa shape index (κ1) is 37.9. The highest BCUT2D eigenvalue weighted by atomic mass is 32.2. The minimum atomic E-state index is -0.821. The Morgan fingerprint density at radius 1 is 1.04 bits per heavy atom. The van der Waals surface area contributed by atoms with Crippen molar-refractivity contribution < 1.29 is 19.4 Å². The zero-order valence-electron chi connectivity index (χ0n) is 28.8. The van der Waals surface area contributed by atoms with Crippen molar-refractivity contribution in [3.8, 4) is 5.88 Å². The number of hydrogen-bond acceptors (Lipinski definition) is 9. The molecule has 0 atom stereocenters. The molecular weight excluding hydrogens is 663 g/mol. The summed E-state index contributed by atoms with van der Waals surface area (Å²) in [7, 11) is 2.17. The molecule has 2 aromatic heterocycles. The normalized spacial score (nSPS) is 15.7. The minimum Gasteiger partial charge on any atom is -0.465 e. The number of piperidine rings is 2. The van der Waals surface area contributed by atoms with Gasteiger partial charge < -0.3 is 35.2 Å². The summed E-state index contributed by atoms with van der Waals surface area (Å²) in [4.78, 5) is 37.1. The van der Waals surface area contributed by atoms with Crippen LogP contribution >= 0.6 is 24.0 Å². The van der Waals surface area contributed by atoms with Crippen LogP contribution in [0.5, 0.6) is 5.88 Å². The molecule has 0 saturated carbocycles. The highest BCUT2D eigenvalue weighted by molar-refractivity contribution is 7.99. The van der Waals surface area contributed by atoms with Gasteiger partial charge in [0.1, 0.15) is 6.33 Å². The summed E-state index contributed by atoms with van der Waals surface area (Å²) in [5.41, 5.74) is 1.95. The van der Waals surface area contributed by atoms with Crippen LogP contribution in [0.1, 0.15) is 58.4 Å². The summed E-state index contributed by atoms with van der Waals surface area (Å²) in [5, 5.41) is 23.4. The number of nitrogens with one attached hydrogen (secondary N) is 3. The molecule has 0 spiro atoms. The number of thiocarbonyl (C=S) groups is 1. The number of benzene rings is 1. The number of pyridine rings is 1. The van der Waals surface area contributed by atoms with Crippen LogP contribution in [0.15, 0.2) is 60.1 Å². The van der Waals surface area contributed by atoms with Gasteiger partial charge in [-0.1, -0.05) is 42.1 Å². The number of amides is 2. The van der Waals surface area contributed by atoms with Gasteiger partial charge in [-0.05, 0) is 96.2 Å². The summed E-state index contributed by atoms with van der Waals surface area (Å²) in [6.45, 7) is 10.8. The Bertz CT molecular complexity index is 1440. The van der Waals surface area contributed by atoms with Gasteiger partial charge in [-0.25, -0.2) is 19.6 Å². The van der Waals surface area contributed by atoms with Crippen LogP contribution in [0.4, 0.5) is 15.3 Å². The first-order valence-electron chi connectivity index (χ1n) is 16.7. The van der Waals surface area contributed by atoms with Crippen molar-refractivity contribution in [1.29, 1.82) is 0 Å². The first-order valence-corrected chi connectivity index (χ1v) is 18.0. The molecule has 5 rings (SSSR count). The third-order valence-corrected chi connectivity index (χ3v) is 9.57. The van der Waals surface area contributed by atoms with Crippen molar-refractivity contribution in [3.05, 3.63) is 60.6 Å². The highest BCUT2D eigenvalue weighted by Gasteiger charge is 2.25. The third kappa shape index (κ3) is 13.8. The number of carbonyl (C=O) groups is 2. The van der Waals surface area contributed by atoms with E-state index >= 15 is 0 Å². The molecule has 0 bridgehead atoms. The summed E-state index contributed by atoms with van der Waals surface area (Å²) in [6, 6.07) is 14.0. The number of likely N-dealkylation sites (tertiary alicyclic amines) is 2. The number of rotatable bonds is 9. The number of aromatic nitrogens is 4. The third-order valence-electron chi connectivity index (χ3n) is 8.15. The van der Waals surface area contributed by atoms with Crippen LogP contribution < -0.4 is 15.4 Å². The van der Waals surface area contributed by atoms with Gasteiger partial charge in [-0.15, -0.1) is 0 Å². The van der Waals surface area contributed by atoms with Gasteiger partial charge in [0.25, 0.3) is 0 Å². The van der Waals surface area contributed by atoms with Crippen LogP contribution in [-0.2, 0) is 6.54 Å². The van der Waals surface area contributed by atoms with Crippen molar-refractivity contribution in [1.82, 2.24) is 40.2 Å². The SMILES string of the molecule is CN(CCC1CCN(C(=O)Oc2ccc(NC(=S)NC(C)(C)C)cn2)CC1)Cc1ccccc1.O=C(O)N1CCC(Sc2ncn[nH]2)CC1. The topological polar surface area (TPSA) is 152 Å². The van der Waals surface area contributed by atoms with Gasteiger partial charge in [0.15, 0.2) is 10.3 Å². The number of aromatic amines is 1. The lowest BCUT2D eigenvalue weighted by atomic mass is 9.93. The first-order chi connectivity index (χ1) is 23.4. The summed E-state index contributed by atoms with van der Waals surface area (Å²) in [5.74, 6) is 0.922. The van der Waals surface area contributed by atoms with E-state index in [1.165, 1.54) is 16.8 Å². The Hall–Kier alpha value is -3.95. The lowest BCUT2D eigenvalue weighted by Gasteiger charge is -2.32. The van der Waals surface area contributed by atoms with Crippen molar-refractivity contribution in [3.63, 3.8) is 0 Å². The van der Waals surface area contributed by atoms with E-state index in [1.807, 2.05) is 26.8 Å². The fourth-order valence-corrected chi connectivity index (χ4v) is 6.93. The fraction of sp³-hybridized carbons (Fsp3) is 0.529. The molecule has 4 heterocycles. The molecule has 0 radical (unpaired) electrons. The molecule has 266 valence electrons. The van der Waals surface area contributed by atoms with Crippen LogP contribution in [0, 0.1) is 5.92 Å². The van der Waals surface area contributed by atoms with E-state index in [0.29, 0.717) is 29.4 Å². The average molecular weight is 712 g/mol. The molecule has 3 aromatic rings. The summed E-state index contributed by atoms with van der Waals surface area (Å²) >= 11 is 6.94. The van der Waals surface area contributed by atoms with E-state index in [4.69, 9.17) is 22.1 Å². The van der Waals surface area contributed by atoms with E-state index < -0.39 is 6.09 Å². The number of H-pyrrole nitrogens is 1. The number of carbonyl (C=O) groups excluding carboxylic acids is 1. The van der Waals surface area contributed by atoms with E-state index in [-0.39, 0.29) is 17.5 Å². The molecule has 2 saturated heterocycles. The highest BCUT2D eigenvalue weighted by Crippen LogP contribution is 2.27. The molecular formula is C34H49N9O4S2. The second-order valence-corrected chi connectivity index (χ2v) is 15.1. The monoisotopic (exact) mass is 711 g/mol. The smallest absolute Gasteiger partial charge is 0.416 e. The number of hydrogen-bond donors (Lipinski definition) is 4. The van der Waals surface area contributed by atoms with Crippen molar-refractivity contribution in [2.75, 3.05) is 45.1 Å². The van der Waals surface area contributed by atoms with Crippen molar-refractivity contribution in [2.24, 2.45) is 5.92 Å². The Kier molecular flexibility index (Phi) is 14.5. The summed E-state index contributed by atoms with van der Waals surface area (Å²) < 4.78 is 5.49. The molecule has 4 N–H and O–H groups in total. The van der Waals surface area contributed by atoms with Crippen molar-refractivity contribution in [2.45, 2.75) is 75.4 Å². The van der Waals surface area contributed by atoms with Gasteiger partial charge >= 0.3 is 12.2 Å². The molecule has 0 unspecified atom stereocenters. The molecule has 2 fully saturated rings. The lowest BCUT2D eigenvalue weighted by Crippen LogP contribution is -2.42. The van der Waals surface area contributed by atoms with Gasteiger partial charge in [0.05, 0.1) is 11.9 Å². The van der Waals surface area contributed by atoms with Gasteiger partial charge in [-0.3, -0.25) is 5.10 Å². The Balaban J connectivity index is 0.000000299. The van der Waals surface area contributed by atoms with Crippen LogP contribution in [0.2, 0.25) is 0 Å². The molecule has 1 aromatic carbocycles. The Morgan fingerprint density at radius 2 is 1.73 bits per heavy atom. The molecule has 2 amide bonds. The quantitative estimate of drug-likeness (QED) is 0.195. The zero-order valence-corrected chi connectivity index (χ0v) is 30.4. The lowest BCUT2D eigenvalue weighted by molar-refractivity contribution is 0.125. The van der Waals surface area contributed by atoms with E-state index in [9.17, 15) is 9.59 Å². The van der Waals surface area contributed by atoms with Gasteiger partial charge in [0.2, 0.25) is 5.88 Å². The molecule has 49 heavy (non-hydrogen) atoms. The Labute approximate surface area is 298 Å². The predicted octanol–water partition coefficient (Wildman–Crippen LogP) is 5.94. The van der Waals surface area contributed by atoms with E-state index in [0.717, 1.165) is 69.1 Å². The minimum absolute atomic E-state index is 0.126. The maximum absolute atomic E-state index is 12.6. The molecule has 0 aliphatic carbocycles. The molecule has 15 heteroatoms. The molecule has 2 aliphatic rings. The van der Waals surface area contributed by atoms with E-state index in [2.05, 4.69) is 67.0 Å². The molecule has 2 aliphatic heterocycles. The molecule has 13 nitrogen and oxygen atoms in total. The van der Waals surface area contributed by atoms with Crippen LogP contribution in [-0.4, -0.2) is 108 Å². The van der Waals surface area contributed by atoms with Gasteiger partial charge in [0, 0.05) is 49.6 Å². The number of carboxylic acid groups (broad SMARTS) is 1. The number of nitrogens with zero attached hydrogens (tertiary/aromatic N) is 6. The fourth-order valence-electron chi connectivity index (χ4n) is 5.53. The zero-order chi connectivity index (χ0) is 35.2. The average Bonchev–Trinajstić information content (AvgIpc) is 3.58.